The van der Waals surface area contributed by atoms with Crippen molar-refractivity contribution in [3.8, 4) is 5.75 Å². The summed E-state index contributed by atoms with van der Waals surface area (Å²) in [5, 5.41) is 2.87. The maximum Gasteiger partial charge on any atom is 0.134 e. The van der Waals surface area contributed by atoms with Crippen LogP contribution < -0.4 is 10.1 Å². The fourth-order valence-corrected chi connectivity index (χ4v) is 1.56. The highest BCUT2D eigenvalue weighted by Crippen LogP contribution is 2.26. The van der Waals surface area contributed by atoms with Gasteiger partial charge < -0.3 is 10.1 Å². The van der Waals surface area contributed by atoms with E-state index in [-0.39, 0.29) is 17.4 Å². The van der Waals surface area contributed by atoms with Gasteiger partial charge in [-0.3, -0.25) is 0 Å². The zero-order chi connectivity index (χ0) is 11.4. The molecule has 15 heavy (non-hydrogen) atoms. The fourth-order valence-electron chi connectivity index (χ4n) is 1.56. The summed E-state index contributed by atoms with van der Waals surface area (Å²) in [7, 11) is 3.06. The third-order valence-corrected chi connectivity index (χ3v) is 2.39. The van der Waals surface area contributed by atoms with Crippen LogP contribution in [0.3, 0.4) is 0 Å². The van der Waals surface area contributed by atoms with Gasteiger partial charge in [-0.05, 0) is 13.5 Å². The predicted octanol–water partition coefficient (Wildman–Crippen LogP) is 2.64. The van der Waals surface area contributed by atoms with Crippen molar-refractivity contribution in [2.24, 2.45) is 0 Å². The minimum atomic E-state index is -0.576. The van der Waals surface area contributed by atoms with Crippen molar-refractivity contribution in [3.63, 3.8) is 0 Å². The monoisotopic (exact) mass is 215 g/mol. The molecule has 1 aromatic carbocycles. The molecule has 1 atom stereocenters. The molecule has 2 nitrogen and oxygen atoms in total. The first-order chi connectivity index (χ1) is 7.13. The first-order valence-electron chi connectivity index (χ1n) is 4.84. The Morgan fingerprint density at radius 3 is 2.20 bits per heavy atom. The molecule has 1 aromatic rings. The quantitative estimate of drug-likeness (QED) is 0.833. The van der Waals surface area contributed by atoms with Gasteiger partial charge >= 0.3 is 0 Å². The van der Waals surface area contributed by atoms with Gasteiger partial charge in [-0.1, -0.05) is 6.92 Å². The van der Waals surface area contributed by atoms with Crippen LogP contribution >= 0.6 is 0 Å². The average molecular weight is 215 g/mol. The highest BCUT2D eigenvalue weighted by atomic mass is 19.1. The van der Waals surface area contributed by atoms with Crippen molar-refractivity contribution in [3.05, 3.63) is 29.3 Å². The van der Waals surface area contributed by atoms with Crippen molar-refractivity contribution in [2.45, 2.75) is 19.4 Å². The minimum Gasteiger partial charge on any atom is -0.497 e. The molecular weight excluding hydrogens is 200 g/mol. The van der Waals surface area contributed by atoms with E-state index in [9.17, 15) is 8.78 Å². The van der Waals surface area contributed by atoms with E-state index in [1.807, 2.05) is 6.92 Å². The van der Waals surface area contributed by atoms with Gasteiger partial charge in [-0.25, -0.2) is 8.78 Å². The third-order valence-electron chi connectivity index (χ3n) is 2.39. The molecule has 0 bridgehead atoms. The fraction of sp³-hybridized carbons (Fsp3) is 0.455. The van der Waals surface area contributed by atoms with Crippen molar-refractivity contribution in [2.75, 3.05) is 14.2 Å². The lowest BCUT2D eigenvalue weighted by Crippen LogP contribution is -2.18. The second kappa shape index (κ2) is 5.07. The Bertz CT molecular complexity index is 314. The highest BCUT2D eigenvalue weighted by Gasteiger charge is 2.18. The van der Waals surface area contributed by atoms with Crippen LogP contribution in [0.2, 0.25) is 0 Å². The molecule has 0 aliphatic rings. The van der Waals surface area contributed by atoms with Crippen LogP contribution in [-0.4, -0.2) is 14.2 Å². The largest absolute Gasteiger partial charge is 0.497 e. The van der Waals surface area contributed by atoms with Crippen molar-refractivity contribution in [1.29, 1.82) is 0 Å². The minimum absolute atomic E-state index is 0.0702. The van der Waals surface area contributed by atoms with E-state index in [0.29, 0.717) is 6.42 Å². The molecule has 84 valence electrons. The standard InChI is InChI=1S/C11H15F2NO/c1-4-10(14-2)11-8(12)5-7(15-3)6-9(11)13/h5-6,10,14H,4H2,1-3H3. The van der Waals surface area contributed by atoms with Crippen molar-refractivity contribution in [1.82, 2.24) is 5.32 Å². The van der Waals surface area contributed by atoms with Gasteiger partial charge in [0.25, 0.3) is 0 Å². The van der Waals surface area contributed by atoms with Gasteiger partial charge in [0.05, 0.1) is 7.11 Å². The maximum absolute atomic E-state index is 13.6. The summed E-state index contributed by atoms with van der Waals surface area (Å²) in [4.78, 5) is 0. The molecule has 0 aliphatic heterocycles. The van der Waals surface area contributed by atoms with E-state index in [1.165, 1.54) is 19.2 Å². The van der Waals surface area contributed by atoms with Crippen LogP contribution in [-0.2, 0) is 0 Å². The first kappa shape index (κ1) is 11.9. The predicted molar refractivity (Wildman–Crippen MR) is 55.0 cm³/mol. The molecule has 4 heteroatoms. The Morgan fingerprint density at radius 2 is 1.87 bits per heavy atom. The van der Waals surface area contributed by atoms with Crippen LogP contribution in [0.5, 0.6) is 5.75 Å². The highest BCUT2D eigenvalue weighted by molar-refractivity contribution is 5.32. The van der Waals surface area contributed by atoms with E-state index < -0.39 is 11.6 Å². The molecule has 0 saturated carbocycles. The number of methoxy groups -OCH3 is 1. The molecule has 1 N–H and O–H groups in total. The van der Waals surface area contributed by atoms with Crippen LogP contribution in [0.1, 0.15) is 24.9 Å². The third kappa shape index (κ3) is 2.45. The molecule has 0 spiro atoms. The molecule has 1 unspecified atom stereocenters. The molecule has 0 saturated heterocycles. The van der Waals surface area contributed by atoms with Crippen LogP contribution in [0.25, 0.3) is 0 Å². The Morgan fingerprint density at radius 1 is 1.33 bits per heavy atom. The summed E-state index contributed by atoms with van der Waals surface area (Å²) in [6, 6.07) is 2.08. The van der Waals surface area contributed by atoms with Gasteiger partial charge in [0.2, 0.25) is 0 Å². The molecule has 0 aromatic heterocycles. The zero-order valence-electron chi connectivity index (χ0n) is 9.10. The Hall–Kier alpha value is -1.16. The zero-order valence-corrected chi connectivity index (χ0v) is 9.10. The average Bonchev–Trinajstić information content (AvgIpc) is 2.23. The number of hydrogen-bond donors (Lipinski definition) is 1. The molecule has 0 heterocycles. The van der Waals surface area contributed by atoms with Gasteiger partial charge in [0.15, 0.2) is 0 Å². The number of hydrogen-bond acceptors (Lipinski definition) is 2. The lowest BCUT2D eigenvalue weighted by molar-refractivity contribution is 0.401. The SMILES string of the molecule is CCC(NC)c1c(F)cc(OC)cc1F. The van der Waals surface area contributed by atoms with Gasteiger partial charge in [-0.2, -0.15) is 0 Å². The lowest BCUT2D eigenvalue weighted by Gasteiger charge is -2.16. The van der Waals surface area contributed by atoms with Crippen LogP contribution in [0.15, 0.2) is 12.1 Å². The molecule has 0 aliphatic carbocycles. The molecule has 0 amide bonds. The number of rotatable bonds is 4. The second-order valence-corrected chi connectivity index (χ2v) is 3.25. The van der Waals surface area contributed by atoms with Crippen LogP contribution in [0, 0.1) is 11.6 Å². The molecule has 0 fully saturated rings. The van der Waals surface area contributed by atoms with E-state index in [4.69, 9.17) is 4.74 Å². The second-order valence-electron chi connectivity index (χ2n) is 3.25. The summed E-state index contributed by atoms with van der Waals surface area (Å²) in [5.41, 5.74) is 0.0702. The normalized spacial score (nSPS) is 12.6. The smallest absolute Gasteiger partial charge is 0.134 e. The Balaban J connectivity index is 3.18. The summed E-state index contributed by atoms with van der Waals surface area (Å²) in [6.45, 7) is 1.87. The molecular formula is C11H15F2NO. The number of halogens is 2. The van der Waals surface area contributed by atoms with Gasteiger partial charge in [0, 0.05) is 23.7 Å². The summed E-state index contributed by atoms with van der Waals surface area (Å²) < 4.78 is 31.9. The van der Waals surface area contributed by atoms with Crippen molar-refractivity contribution < 1.29 is 13.5 Å². The molecule has 0 radical (unpaired) electrons. The summed E-state index contributed by atoms with van der Waals surface area (Å²) >= 11 is 0. The number of ether oxygens (including phenoxy) is 1. The van der Waals surface area contributed by atoms with Crippen molar-refractivity contribution >= 4 is 0 Å². The lowest BCUT2D eigenvalue weighted by atomic mass is 10.0. The van der Waals surface area contributed by atoms with Gasteiger partial charge in [-0.15, -0.1) is 0 Å². The van der Waals surface area contributed by atoms with Gasteiger partial charge in [0.1, 0.15) is 17.4 Å². The van der Waals surface area contributed by atoms with E-state index in [2.05, 4.69) is 5.32 Å². The first-order valence-corrected chi connectivity index (χ1v) is 4.84. The van der Waals surface area contributed by atoms with E-state index in [1.54, 1.807) is 7.05 Å². The molecule has 1 rings (SSSR count). The van der Waals surface area contributed by atoms with E-state index in [0.717, 1.165) is 0 Å². The van der Waals surface area contributed by atoms with E-state index >= 15 is 0 Å². The Kier molecular flexibility index (Phi) is 4.03. The maximum atomic E-state index is 13.6. The summed E-state index contributed by atoms with van der Waals surface area (Å²) in [5.74, 6) is -0.958. The number of nitrogens with one attached hydrogen (secondary N) is 1. The number of benzene rings is 1. The summed E-state index contributed by atoms with van der Waals surface area (Å²) in [6.07, 6.45) is 0.622. The van der Waals surface area contributed by atoms with Crippen LogP contribution in [0.4, 0.5) is 8.78 Å². The topological polar surface area (TPSA) is 21.3 Å². The Labute approximate surface area is 88.3 Å².